The molecule has 0 aliphatic rings. The molecular weight excluding hydrogens is 484 g/mol. The van der Waals surface area contributed by atoms with Crippen LogP contribution >= 0.6 is 35.3 Å². The molecule has 5 nitrogen and oxygen atoms in total. The van der Waals surface area contributed by atoms with Crippen molar-refractivity contribution in [1.82, 2.24) is 14.3 Å². The quantitative estimate of drug-likeness (QED) is 0.153. The van der Waals surface area contributed by atoms with Crippen LogP contribution in [0.4, 0.5) is 8.78 Å². The Balaban J connectivity index is 1.49. The number of hydrogen-bond donors (Lipinski definition) is 0. The molecule has 2 heterocycles. The number of aryl methyl sites for hydroxylation is 1. The predicted molar refractivity (Wildman–Crippen MR) is 129 cm³/mol. The number of aromatic nitrogens is 3. The zero-order valence-corrected chi connectivity index (χ0v) is 20.1. The van der Waals surface area contributed by atoms with Crippen molar-refractivity contribution < 1.29 is 18.3 Å². The Bertz CT molecular complexity index is 1330. The normalized spacial score (nSPS) is 11.2. The summed E-state index contributed by atoms with van der Waals surface area (Å²) in [5, 5.41) is 4.54. The number of nitrogens with zero attached hydrogens (tertiary/aromatic N) is 3. The first-order valence-corrected chi connectivity index (χ1v) is 12.1. The van der Waals surface area contributed by atoms with Crippen LogP contribution < -0.4 is 4.74 Å². The Morgan fingerprint density at radius 2 is 1.82 bits per heavy atom. The summed E-state index contributed by atoms with van der Waals surface area (Å²) in [7, 11) is 0. The lowest BCUT2D eigenvalue weighted by Gasteiger charge is -2.11. The lowest BCUT2D eigenvalue weighted by atomic mass is 10.2. The Hall–Kier alpha value is -2.82. The van der Waals surface area contributed by atoms with E-state index in [2.05, 4.69) is 9.84 Å². The van der Waals surface area contributed by atoms with E-state index in [9.17, 15) is 13.6 Å². The number of carbonyl (C=O) groups is 1. The molecule has 0 atom stereocenters. The number of Topliss-reactive ketones (excluding diaryl/α,β-unsaturated/α-hetero) is 1. The van der Waals surface area contributed by atoms with E-state index in [1.54, 1.807) is 16.8 Å². The monoisotopic (exact) mass is 503 g/mol. The van der Waals surface area contributed by atoms with Gasteiger partial charge in [0.05, 0.1) is 11.4 Å². The van der Waals surface area contributed by atoms with Gasteiger partial charge in [-0.3, -0.25) is 4.79 Å². The number of carbonyl (C=O) groups excluding carboxylic acids is 1. The molecule has 0 bridgehead atoms. The van der Waals surface area contributed by atoms with Crippen molar-refractivity contribution in [3.8, 4) is 17.1 Å². The molecule has 4 aromatic rings. The first-order valence-electron chi connectivity index (χ1n) is 9.89. The average molecular weight is 504 g/mol. The highest BCUT2D eigenvalue weighted by Crippen LogP contribution is 2.28. The van der Waals surface area contributed by atoms with Crippen LogP contribution in [0.1, 0.15) is 21.7 Å². The summed E-state index contributed by atoms with van der Waals surface area (Å²) in [4.78, 5) is 13.0. The number of halogens is 2. The smallest absolute Gasteiger partial charge is 0.387 e. The zero-order valence-electron chi connectivity index (χ0n) is 17.7. The Morgan fingerprint density at radius 3 is 2.48 bits per heavy atom. The number of rotatable bonds is 8. The molecule has 0 fully saturated rings. The van der Waals surface area contributed by atoms with Crippen molar-refractivity contribution in [2.75, 3.05) is 5.75 Å². The maximum atomic E-state index is 13.0. The minimum atomic E-state index is -2.87. The fourth-order valence-corrected chi connectivity index (χ4v) is 5.72. The van der Waals surface area contributed by atoms with Crippen LogP contribution in [0, 0.1) is 17.8 Å². The number of ether oxygens (including phenoxy) is 1. The van der Waals surface area contributed by atoms with Gasteiger partial charge in [0.25, 0.3) is 0 Å². The van der Waals surface area contributed by atoms with E-state index in [0.29, 0.717) is 9.52 Å². The van der Waals surface area contributed by atoms with Crippen LogP contribution in [0.25, 0.3) is 11.4 Å². The van der Waals surface area contributed by atoms with E-state index in [1.165, 1.54) is 35.2 Å². The summed E-state index contributed by atoms with van der Waals surface area (Å²) in [5.41, 5.74) is 3.90. The van der Waals surface area contributed by atoms with Crippen LogP contribution in [0.5, 0.6) is 5.75 Å². The molecule has 0 radical (unpaired) electrons. The molecule has 0 unspecified atom stereocenters. The van der Waals surface area contributed by atoms with Crippen molar-refractivity contribution >= 4 is 41.1 Å². The van der Waals surface area contributed by atoms with Crippen LogP contribution in [-0.2, 0) is 0 Å². The molecule has 33 heavy (non-hydrogen) atoms. The third kappa shape index (κ3) is 5.23. The molecule has 2 aromatic heterocycles. The van der Waals surface area contributed by atoms with E-state index in [4.69, 9.17) is 12.2 Å². The van der Waals surface area contributed by atoms with Gasteiger partial charge in [-0.25, -0.2) is 4.68 Å². The number of hydrogen-bond acceptors (Lipinski definition) is 6. The van der Waals surface area contributed by atoms with Crippen LogP contribution in [0.2, 0.25) is 0 Å². The second kappa shape index (κ2) is 9.98. The van der Waals surface area contributed by atoms with E-state index in [1.807, 2.05) is 54.8 Å². The summed E-state index contributed by atoms with van der Waals surface area (Å²) in [5.74, 6) is 0.285. The van der Waals surface area contributed by atoms with Gasteiger partial charge in [0.2, 0.25) is 0 Å². The van der Waals surface area contributed by atoms with Gasteiger partial charge in [-0.05, 0) is 68.5 Å². The fraction of sp³-hybridized carbons (Fsp3) is 0.174. The van der Waals surface area contributed by atoms with Gasteiger partial charge in [-0.15, -0.1) is 5.10 Å². The highest BCUT2D eigenvalue weighted by molar-refractivity contribution is 8.01. The third-order valence-corrected chi connectivity index (χ3v) is 7.27. The second-order valence-electron chi connectivity index (χ2n) is 7.09. The minimum Gasteiger partial charge on any atom is -0.435 e. The van der Waals surface area contributed by atoms with E-state index < -0.39 is 6.61 Å². The molecule has 2 aromatic carbocycles. The summed E-state index contributed by atoms with van der Waals surface area (Å²) in [6.45, 7) is 0.889. The summed E-state index contributed by atoms with van der Waals surface area (Å²) < 4.78 is 34.1. The van der Waals surface area contributed by atoms with Gasteiger partial charge in [-0.2, -0.15) is 8.78 Å². The molecule has 0 aliphatic heterocycles. The lowest BCUT2D eigenvalue weighted by Crippen LogP contribution is -2.06. The van der Waals surface area contributed by atoms with E-state index in [0.717, 1.165) is 27.1 Å². The predicted octanol–water partition coefficient (Wildman–Crippen LogP) is 6.65. The number of thioether (sulfide) groups is 1. The number of benzene rings is 2. The van der Waals surface area contributed by atoms with Crippen LogP contribution in [-0.4, -0.2) is 32.5 Å². The third-order valence-electron chi connectivity index (χ3n) is 4.91. The molecule has 10 heteroatoms. The first-order chi connectivity index (χ1) is 15.8. The summed E-state index contributed by atoms with van der Waals surface area (Å²) in [6.07, 6.45) is 0. The molecule has 4 rings (SSSR count). The second-order valence-corrected chi connectivity index (χ2v) is 9.93. The Kier molecular flexibility index (Phi) is 7.06. The number of para-hydroxylation sites is 1. The standard InChI is InChI=1S/C23H19F2N3O2S3/c1-14-12-19(15(2)27(14)16-8-10-18(11-9-16)30-21(24)25)20(29)13-32-22-26-28(23(31)33-22)17-6-4-3-5-7-17/h3-12,21H,13H2,1-2H3. The van der Waals surface area contributed by atoms with Crippen molar-refractivity contribution in [3.63, 3.8) is 0 Å². The summed E-state index contributed by atoms with van der Waals surface area (Å²) >= 11 is 8.14. The van der Waals surface area contributed by atoms with Crippen LogP contribution in [0.15, 0.2) is 65.0 Å². The largest absolute Gasteiger partial charge is 0.435 e. The van der Waals surface area contributed by atoms with Gasteiger partial charge in [0, 0.05) is 22.6 Å². The maximum absolute atomic E-state index is 13.0. The van der Waals surface area contributed by atoms with Crippen molar-refractivity contribution in [2.45, 2.75) is 24.8 Å². The van der Waals surface area contributed by atoms with Crippen molar-refractivity contribution in [1.29, 1.82) is 0 Å². The van der Waals surface area contributed by atoms with Gasteiger partial charge in [0.1, 0.15) is 5.75 Å². The van der Waals surface area contributed by atoms with E-state index >= 15 is 0 Å². The SMILES string of the molecule is Cc1cc(C(=O)CSc2nn(-c3ccccc3)c(=S)s2)c(C)n1-c1ccc(OC(F)F)cc1. The number of alkyl halides is 2. The van der Waals surface area contributed by atoms with E-state index in [-0.39, 0.29) is 17.3 Å². The molecule has 0 saturated heterocycles. The maximum Gasteiger partial charge on any atom is 0.387 e. The molecule has 0 N–H and O–H groups in total. The Labute approximate surface area is 202 Å². The van der Waals surface area contributed by atoms with Gasteiger partial charge >= 0.3 is 6.61 Å². The van der Waals surface area contributed by atoms with Crippen molar-refractivity contribution in [3.05, 3.63) is 81.6 Å². The first kappa shape index (κ1) is 23.3. The average Bonchev–Trinajstić information content (AvgIpc) is 3.31. The summed E-state index contributed by atoms with van der Waals surface area (Å²) in [6, 6.07) is 17.8. The molecule has 170 valence electrons. The lowest BCUT2D eigenvalue weighted by molar-refractivity contribution is -0.0498. The van der Waals surface area contributed by atoms with Crippen molar-refractivity contribution in [2.24, 2.45) is 0 Å². The van der Waals surface area contributed by atoms with Gasteiger partial charge in [0.15, 0.2) is 14.1 Å². The minimum absolute atomic E-state index is 0.0237. The topological polar surface area (TPSA) is 49.0 Å². The fourth-order valence-electron chi connectivity index (χ4n) is 3.48. The van der Waals surface area contributed by atoms with Gasteiger partial charge < -0.3 is 9.30 Å². The Morgan fingerprint density at radius 1 is 1.12 bits per heavy atom. The molecule has 0 amide bonds. The van der Waals surface area contributed by atoms with Crippen LogP contribution in [0.3, 0.4) is 0 Å². The zero-order chi connectivity index (χ0) is 23.5. The highest BCUT2D eigenvalue weighted by atomic mass is 32.2. The van der Waals surface area contributed by atoms with Gasteiger partial charge in [-0.1, -0.05) is 41.3 Å². The number of ketones is 1. The molecule has 0 spiro atoms. The molecule has 0 aliphatic carbocycles. The molecular formula is C23H19F2N3O2S3. The highest BCUT2D eigenvalue weighted by Gasteiger charge is 2.18. The molecule has 0 saturated carbocycles.